The zero-order valence-corrected chi connectivity index (χ0v) is 21.1. The Morgan fingerprint density at radius 2 is 0.972 bits per heavy atom. The van der Waals surface area contributed by atoms with Gasteiger partial charge in [0.2, 0.25) is 0 Å². The van der Waals surface area contributed by atoms with Gasteiger partial charge >= 0.3 is 0 Å². The molecule has 2 aromatic carbocycles. The van der Waals surface area contributed by atoms with Gasteiger partial charge in [-0.15, -0.1) is 0 Å². The summed E-state index contributed by atoms with van der Waals surface area (Å²) in [7, 11) is 0. The Morgan fingerprint density at radius 1 is 0.611 bits per heavy atom. The highest BCUT2D eigenvalue weighted by molar-refractivity contribution is 6.06. The van der Waals surface area contributed by atoms with Crippen molar-refractivity contribution in [1.82, 2.24) is 9.97 Å². The molecule has 182 valence electrons. The summed E-state index contributed by atoms with van der Waals surface area (Å²) in [6.07, 6.45) is 3.25. The Morgan fingerprint density at radius 3 is 1.31 bits per heavy atom. The van der Waals surface area contributed by atoms with Gasteiger partial charge in [0, 0.05) is 36.9 Å². The number of carbonyl (C=O) groups excluding carboxylic acids is 2. The number of aromatic nitrogens is 2. The number of aryl methyl sites for hydroxylation is 2. The van der Waals surface area contributed by atoms with Crippen LogP contribution < -0.4 is 9.80 Å². The van der Waals surface area contributed by atoms with Crippen molar-refractivity contribution in [2.45, 2.75) is 27.7 Å². The molecule has 6 heteroatoms. The quantitative estimate of drug-likeness (QED) is 0.322. The van der Waals surface area contributed by atoms with E-state index in [1.54, 1.807) is 34.3 Å². The molecule has 0 unspecified atom stereocenters. The molecule has 6 nitrogen and oxygen atoms in total. The summed E-state index contributed by atoms with van der Waals surface area (Å²) >= 11 is 0. The third-order valence-electron chi connectivity index (χ3n) is 6.11. The van der Waals surface area contributed by atoms with Crippen molar-refractivity contribution in [3.05, 3.63) is 108 Å². The zero-order chi connectivity index (χ0) is 25.7. The molecule has 0 atom stereocenters. The largest absolute Gasteiger partial charge is 0.307 e. The van der Waals surface area contributed by atoms with Gasteiger partial charge in [-0.05, 0) is 87.4 Å². The molecule has 0 aliphatic heterocycles. The lowest BCUT2D eigenvalue weighted by molar-refractivity contribution is 0.0975. The first kappa shape index (κ1) is 24.8. The van der Waals surface area contributed by atoms with E-state index in [1.165, 1.54) is 0 Å². The number of rotatable bonds is 7. The van der Waals surface area contributed by atoms with Crippen LogP contribution in [0.4, 0.5) is 11.4 Å². The number of pyridine rings is 2. The van der Waals surface area contributed by atoms with Crippen LogP contribution in [0.2, 0.25) is 0 Å². The summed E-state index contributed by atoms with van der Waals surface area (Å²) < 4.78 is 0. The minimum Gasteiger partial charge on any atom is -0.307 e. The Balaban J connectivity index is 1.62. The van der Waals surface area contributed by atoms with Gasteiger partial charge in [-0.2, -0.15) is 0 Å². The first-order valence-corrected chi connectivity index (χ1v) is 12.1. The lowest BCUT2D eigenvalue weighted by Gasteiger charge is -2.21. The number of nitrogens with zero attached hydrogens (tertiary/aromatic N) is 4. The maximum absolute atomic E-state index is 13.3. The fourth-order valence-electron chi connectivity index (χ4n) is 4.07. The van der Waals surface area contributed by atoms with Crippen LogP contribution in [0.5, 0.6) is 0 Å². The minimum atomic E-state index is -0.176. The van der Waals surface area contributed by atoms with E-state index in [0.717, 1.165) is 33.6 Å². The Kier molecular flexibility index (Phi) is 7.54. The van der Waals surface area contributed by atoms with Gasteiger partial charge in [-0.1, -0.05) is 35.4 Å². The molecule has 2 heterocycles. The molecule has 0 bridgehead atoms. The van der Waals surface area contributed by atoms with E-state index in [9.17, 15) is 9.59 Å². The fourth-order valence-corrected chi connectivity index (χ4v) is 4.07. The smallest absolute Gasteiger partial charge is 0.276 e. The average molecular weight is 479 g/mol. The summed E-state index contributed by atoms with van der Waals surface area (Å²) in [5.41, 5.74) is 6.19. The second kappa shape index (κ2) is 11.0. The second-order valence-corrected chi connectivity index (χ2v) is 8.63. The standard InChI is InChI=1S/C30H30N4O2/c1-5-33(25-11-7-21(3)8-12-25)29(35)27-19-23(15-17-31-27)24-16-18-32-28(20-24)30(36)34(6-2)26-13-9-22(4)10-14-26/h7-20H,5-6H2,1-4H3. The predicted octanol–water partition coefficient (Wildman–Crippen LogP) is 6.09. The van der Waals surface area contributed by atoms with Gasteiger partial charge in [0.25, 0.3) is 11.8 Å². The van der Waals surface area contributed by atoms with Crippen LogP contribution in [0, 0.1) is 13.8 Å². The predicted molar refractivity (Wildman–Crippen MR) is 145 cm³/mol. The molecule has 36 heavy (non-hydrogen) atoms. The lowest BCUT2D eigenvalue weighted by atomic mass is 10.1. The van der Waals surface area contributed by atoms with Crippen molar-refractivity contribution in [2.75, 3.05) is 22.9 Å². The van der Waals surface area contributed by atoms with Crippen LogP contribution in [0.25, 0.3) is 11.1 Å². The molecule has 4 aromatic rings. The van der Waals surface area contributed by atoms with E-state index < -0.39 is 0 Å². The SMILES string of the molecule is CCN(C(=O)c1cc(-c2ccnc(C(=O)N(CC)c3ccc(C)cc3)c2)ccn1)c1ccc(C)cc1. The molecule has 0 aliphatic carbocycles. The number of carbonyl (C=O) groups is 2. The van der Waals surface area contributed by atoms with E-state index >= 15 is 0 Å². The van der Waals surface area contributed by atoms with E-state index in [-0.39, 0.29) is 11.8 Å². The van der Waals surface area contributed by atoms with Crippen LogP contribution in [-0.4, -0.2) is 34.9 Å². The maximum Gasteiger partial charge on any atom is 0.276 e. The number of hydrogen-bond donors (Lipinski definition) is 0. The molecule has 4 rings (SSSR count). The highest BCUT2D eigenvalue weighted by Crippen LogP contribution is 2.24. The summed E-state index contributed by atoms with van der Waals surface area (Å²) in [6.45, 7) is 8.95. The van der Waals surface area contributed by atoms with Gasteiger partial charge in [0.1, 0.15) is 11.4 Å². The summed E-state index contributed by atoms with van der Waals surface area (Å²) in [5.74, 6) is -0.352. The van der Waals surface area contributed by atoms with Crippen molar-refractivity contribution in [1.29, 1.82) is 0 Å². The molecule has 0 N–H and O–H groups in total. The molecule has 0 saturated heterocycles. The first-order chi connectivity index (χ1) is 17.4. The van der Waals surface area contributed by atoms with Crippen LogP contribution >= 0.6 is 0 Å². The summed E-state index contributed by atoms with van der Waals surface area (Å²) in [6, 6.07) is 22.9. The maximum atomic E-state index is 13.3. The molecule has 0 radical (unpaired) electrons. The van der Waals surface area contributed by atoms with Crippen molar-refractivity contribution in [3.8, 4) is 11.1 Å². The van der Waals surface area contributed by atoms with E-state index in [4.69, 9.17) is 0 Å². The van der Waals surface area contributed by atoms with Gasteiger partial charge < -0.3 is 9.80 Å². The van der Waals surface area contributed by atoms with Crippen LogP contribution in [-0.2, 0) is 0 Å². The summed E-state index contributed by atoms with van der Waals surface area (Å²) in [5, 5.41) is 0. The van der Waals surface area contributed by atoms with E-state index in [2.05, 4.69) is 9.97 Å². The monoisotopic (exact) mass is 478 g/mol. The minimum absolute atomic E-state index is 0.176. The topological polar surface area (TPSA) is 66.4 Å². The zero-order valence-electron chi connectivity index (χ0n) is 21.1. The molecule has 0 spiro atoms. The molecule has 0 fully saturated rings. The summed E-state index contributed by atoms with van der Waals surface area (Å²) in [4.78, 5) is 38.7. The first-order valence-electron chi connectivity index (χ1n) is 12.1. The molecule has 0 saturated carbocycles. The third kappa shape index (κ3) is 5.33. The molecular weight excluding hydrogens is 448 g/mol. The molecular formula is C30H30N4O2. The highest BCUT2D eigenvalue weighted by Gasteiger charge is 2.20. The normalized spacial score (nSPS) is 10.7. The second-order valence-electron chi connectivity index (χ2n) is 8.63. The average Bonchev–Trinajstić information content (AvgIpc) is 2.91. The number of anilines is 2. The van der Waals surface area contributed by atoms with Gasteiger partial charge in [-0.3, -0.25) is 19.6 Å². The molecule has 2 amide bonds. The number of amides is 2. The number of hydrogen-bond acceptors (Lipinski definition) is 4. The van der Waals surface area contributed by atoms with Gasteiger partial charge in [0.05, 0.1) is 0 Å². The molecule has 2 aromatic heterocycles. The van der Waals surface area contributed by atoms with Crippen LogP contribution in [0.15, 0.2) is 85.2 Å². The lowest BCUT2D eigenvalue weighted by Crippen LogP contribution is -2.31. The van der Waals surface area contributed by atoms with Crippen LogP contribution in [0.1, 0.15) is 46.0 Å². The fraction of sp³-hybridized carbons (Fsp3) is 0.200. The van der Waals surface area contributed by atoms with Crippen molar-refractivity contribution < 1.29 is 9.59 Å². The highest BCUT2D eigenvalue weighted by atomic mass is 16.2. The van der Waals surface area contributed by atoms with Gasteiger partial charge in [-0.25, -0.2) is 0 Å². The van der Waals surface area contributed by atoms with Crippen molar-refractivity contribution >= 4 is 23.2 Å². The third-order valence-corrected chi connectivity index (χ3v) is 6.11. The van der Waals surface area contributed by atoms with Crippen molar-refractivity contribution in [3.63, 3.8) is 0 Å². The Labute approximate surface area is 212 Å². The number of benzene rings is 2. The Bertz CT molecular complexity index is 1260. The van der Waals surface area contributed by atoms with Crippen molar-refractivity contribution in [2.24, 2.45) is 0 Å². The Hall–Kier alpha value is -4.32. The van der Waals surface area contributed by atoms with E-state index in [0.29, 0.717) is 24.5 Å². The van der Waals surface area contributed by atoms with Crippen LogP contribution in [0.3, 0.4) is 0 Å². The molecule has 0 aliphatic rings. The van der Waals surface area contributed by atoms with E-state index in [1.807, 2.05) is 88.4 Å². The van der Waals surface area contributed by atoms with Gasteiger partial charge in [0.15, 0.2) is 0 Å².